The van der Waals surface area contributed by atoms with Crippen LogP contribution in [0.4, 0.5) is 5.69 Å². The molecule has 0 atom stereocenters. The number of hydrogen-bond acceptors (Lipinski definition) is 3. The van der Waals surface area contributed by atoms with Crippen molar-refractivity contribution in [3.05, 3.63) is 59.7 Å². The van der Waals surface area contributed by atoms with E-state index in [4.69, 9.17) is 0 Å². The van der Waals surface area contributed by atoms with E-state index in [0.717, 1.165) is 5.56 Å². The van der Waals surface area contributed by atoms with Crippen molar-refractivity contribution in [3.63, 3.8) is 0 Å². The molecule has 0 bridgehead atoms. The number of hydrogen-bond donors (Lipinski definition) is 0. The van der Waals surface area contributed by atoms with E-state index in [0.29, 0.717) is 24.1 Å². The summed E-state index contributed by atoms with van der Waals surface area (Å²) in [5, 5.41) is 0. The SMILES string of the molecule is Cc1ccc(S(=O)(=O)N2c3ccccc3C(=O)C23CC3)cc1. The Kier molecular flexibility index (Phi) is 2.58. The summed E-state index contributed by atoms with van der Waals surface area (Å²) < 4.78 is 27.5. The molecule has 1 aliphatic carbocycles. The average Bonchev–Trinajstić information content (AvgIpc) is 3.24. The molecule has 0 amide bonds. The van der Waals surface area contributed by atoms with Gasteiger partial charge in [0, 0.05) is 5.56 Å². The van der Waals surface area contributed by atoms with E-state index in [9.17, 15) is 13.2 Å². The number of sulfonamides is 1. The third kappa shape index (κ3) is 1.63. The second kappa shape index (κ2) is 4.20. The fraction of sp³-hybridized carbons (Fsp3) is 0.235. The van der Waals surface area contributed by atoms with Crippen molar-refractivity contribution in [1.29, 1.82) is 0 Å². The summed E-state index contributed by atoms with van der Waals surface area (Å²) in [7, 11) is -3.73. The van der Waals surface area contributed by atoms with Crippen molar-refractivity contribution in [2.45, 2.75) is 30.2 Å². The molecule has 0 N–H and O–H groups in total. The molecule has 0 saturated heterocycles. The minimum absolute atomic E-state index is 0.0706. The van der Waals surface area contributed by atoms with Crippen molar-refractivity contribution in [2.24, 2.45) is 0 Å². The Morgan fingerprint density at radius 1 is 1.00 bits per heavy atom. The first-order valence-electron chi connectivity index (χ1n) is 7.23. The summed E-state index contributed by atoms with van der Waals surface area (Å²) in [4.78, 5) is 12.8. The maximum absolute atomic E-state index is 13.1. The summed E-state index contributed by atoms with van der Waals surface area (Å²) in [5.41, 5.74) is 1.13. The van der Waals surface area contributed by atoms with Gasteiger partial charge in [-0.15, -0.1) is 0 Å². The normalized spacial score (nSPS) is 18.6. The number of benzene rings is 2. The number of carbonyl (C=O) groups excluding carboxylic acids is 1. The monoisotopic (exact) mass is 313 g/mol. The van der Waals surface area contributed by atoms with E-state index in [1.54, 1.807) is 48.5 Å². The van der Waals surface area contributed by atoms with Crippen LogP contribution < -0.4 is 4.31 Å². The Labute approximate surface area is 129 Å². The number of rotatable bonds is 2. The molecule has 0 aromatic heterocycles. The lowest BCUT2D eigenvalue weighted by Gasteiger charge is -2.25. The third-order valence-electron chi connectivity index (χ3n) is 4.46. The van der Waals surface area contributed by atoms with Crippen LogP contribution in [0.3, 0.4) is 0 Å². The van der Waals surface area contributed by atoms with Crippen LogP contribution in [0, 0.1) is 6.92 Å². The van der Waals surface area contributed by atoms with Gasteiger partial charge in [-0.2, -0.15) is 0 Å². The van der Waals surface area contributed by atoms with Gasteiger partial charge in [0.1, 0.15) is 5.54 Å². The number of anilines is 1. The molecule has 0 radical (unpaired) electrons. The van der Waals surface area contributed by atoms with Gasteiger partial charge in [0.05, 0.1) is 10.6 Å². The second-order valence-electron chi connectivity index (χ2n) is 5.96. The van der Waals surface area contributed by atoms with Crippen LogP contribution in [0.15, 0.2) is 53.4 Å². The lowest BCUT2D eigenvalue weighted by Crippen LogP contribution is -2.42. The maximum Gasteiger partial charge on any atom is 0.265 e. The highest BCUT2D eigenvalue weighted by molar-refractivity contribution is 7.93. The molecule has 1 aliphatic heterocycles. The van der Waals surface area contributed by atoms with E-state index in [1.165, 1.54) is 4.31 Å². The van der Waals surface area contributed by atoms with Crippen LogP contribution in [-0.4, -0.2) is 19.7 Å². The Hall–Kier alpha value is -2.14. The molecular weight excluding hydrogens is 298 g/mol. The lowest BCUT2D eigenvalue weighted by atomic mass is 10.1. The van der Waals surface area contributed by atoms with Crippen LogP contribution in [0.2, 0.25) is 0 Å². The number of aryl methyl sites for hydroxylation is 1. The van der Waals surface area contributed by atoms with Crippen LogP contribution >= 0.6 is 0 Å². The summed E-state index contributed by atoms with van der Waals surface area (Å²) >= 11 is 0. The number of Topliss-reactive ketones (excluding diaryl/α,β-unsaturated/α-hetero) is 1. The standard InChI is InChI=1S/C17H15NO3S/c1-12-6-8-13(9-7-12)22(20,21)18-15-5-3-2-4-14(15)16(19)17(18)10-11-17/h2-9H,10-11H2,1H3. The fourth-order valence-corrected chi connectivity index (χ4v) is 4.97. The Balaban J connectivity index is 1.92. The summed E-state index contributed by atoms with van der Waals surface area (Å²) in [6.07, 6.45) is 1.18. The second-order valence-corrected chi connectivity index (χ2v) is 7.75. The molecule has 1 fully saturated rings. The van der Waals surface area contributed by atoms with Crippen molar-refractivity contribution in [3.8, 4) is 0 Å². The zero-order chi connectivity index (χ0) is 15.5. The van der Waals surface area contributed by atoms with Crippen LogP contribution in [0.5, 0.6) is 0 Å². The summed E-state index contributed by atoms with van der Waals surface area (Å²) in [6.45, 7) is 1.91. The quantitative estimate of drug-likeness (QED) is 0.856. The Morgan fingerprint density at radius 3 is 2.27 bits per heavy atom. The van der Waals surface area contributed by atoms with Gasteiger partial charge in [-0.1, -0.05) is 29.8 Å². The minimum Gasteiger partial charge on any atom is -0.291 e. The van der Waals surface area contributed by atoms with E-state index < -0.39 is 15.6 Å². The molecule has 1 spiro atoms. The third-order valence-corrected chi connectivity index (χ3v) is 6.36. The van der Waals surface area contributed by atoms with E-state index in [2.05, 4.69) is 0 Å². The van der Waals surface area contributed by atoms with Crippen LogP contribution in [-0.2, 0) is 10.0 Å². The fourth-order valence-electron chi connectivity index (χ4n) is 3.14. The molecule has 2 aromatic carbocycles. The highest BCUT2D eigenvalue weighted by atomic mass is 32.2. The van der Waals surface area contributed by atoms with Gasteiger partial charge in [0.15, 0.2) is 5.78 Å². The highest BCUT2D eigenvalue weighted by Gasteiger charge is 2.63. The molecule has 0 unspecified atom stereocenters. The van der Waals surface area contributed by atoms with Gasteiger partial charge in [0.2, 0.25) is 0 Å². The average molecular weight is 313 g/mol. The van der Waals surface area contributed by atoms with E-state index in [-0.39, 0.29) is 10.7 Å². The van der Waals surface area contributed by atoms with Gasteiger partial charge in [-0.25, -0.2) is 8.42 Å². The van der Waals surface area contributed by atoms with Crippen molar-refractivity contribution in [1.82, 2.24) is 0 Å². The molecule has 112 valence electrons. The zero-order valence-electron chi connectivity index (χ0n) is 12.1. The van der Waals surface area contributed by atoms with Gasteiger partial charge < -0.3 is 0 Å². The minimum atomic E-state index is -3.73. The predicted molar refractivity (Wildman–Crippen MR) is 83.6 cm³/mol. The molecule has 4 nitrogen and oxygen atoms in total. The molecule has 1 heterocycles. The molecule has 22 heavy (non-hydrogen) atoms. The van der Waals surface area contributed by atoms with Crippen molar-refractivity contribution >= 4 is 21.5 Å². The maximum atomic E-state index is 13.1. The van der Waals surface area contributed by atoms with Gasteiger partial charge in [-0.3, -0.25) is 9.10 Å². The lowest BCUT2D eigenvalue weighted by molar-refractivity contribution is 0.0964. The summed E-state index contributed by atoms with van der Waals surface area (Å²) in [6, 6.07) is 13.7. The number of fused-ring (bicyclic) bond motifs is 1. The largest absolute Gasteiger partial charge is 0.291 e. The first-order chi connectivity index (χ1) is 10.5. The number of carbonyl (C=O) groups is 1. The summed E-state index contributed by atoms with van der Waals surface area (Å²) in [5.74, 6) is -0.0706. The van der Waals surface area contributed by atoms with Gasteiger partial charge in [0.25, 0.3) is 10.0 Å². The topological polar surface area (TPSA) is 54.5 Å². The number of ketones is 1. The molecule has 1 saturated carbocycles. The van der Waals surface area contributed by atoms with E-state index in [1.807, 2.05) is 6.92 Å². The van der Waals surface area contributed by atoms with Crippen LogP contribution in [0.25, 0.3) is 0 Å². The van der Waals surface area contributed by atoms with Crippen LogP contribution in [0.1, 0.15) is 28.8 Å². The first-order valence-corrected chi connectivity index (χ1v) is 8.67. The first kappa shape index (κ1) is 13.5. The van der Waals surface area contributed by atoms with E-state index >= 15 is 0 Å². The Bertz CT molecular complexity index is 880. The molecule has 2 aromatic rings. The van der Waals surface area contributed by atoms with Gasteiger partial charge >= 0.3 is 0 Å². The van der Waals surface area contributed by atoms with Gasteiger partial charge in [-0.05, 0) is 44.0 Å². The van der Waals surface area contributed by atoms with Crippen molar-refractivity contribution < 1.29 is 13.2 Å². The zero-order valence-corrected chi connectivity index (χ0v) is 12.9. The van der Waals surface area contributed by atoms with Crippen molar-refractivity contribution in [2.75, 3.05) is 4.31 Å². The molecule has 5 heteroatoms. The number of para-hydroxylation sites is 1. The smallest absolute Gasteiger partial charge is 0.265 e. The predicted octanol–water partition coefficient (Wildman–Crippen LogP) is 2.92. The molecule has 2 aliphatic rings. The highest BCUT2D eigenvalue weighted by Crippen LogP contribution is 2.55. The molecular formula is C17H15NO3S. The Morgan fingerprint density at radius 2 is 1.64 bits per heavy atom. The molecule has 4 rings (SSSR count). The number of nitrogens with zero attached hydrogens (tertiary/aromatic N) is 1.